The summed E-state index contributed by atoms with van der Waals surface area (Å²) in [6.45, 7) is -0.188. The Bertz CT molecular complexity index is 1350. The molecule has 0 aliphatic heterocycles. The molecule has 0 fully saturated rings. The number of nitrogens with zero attached hydrogens (tertiary/aromatic N) is 5. The average Bonchev–Trinajstić information content (AvgIpc) is 3.32. The number of benzene rings is 1. The molecule has 0 radical (unpaired) electrons. The monoisotopic (exact) mass is 430 g/mol. The maximum atomic E-state index is 12.5. The number of anilines is 1. The van der Waals surface area contributed by atoms with Gasteiger partial charge in [0.25, 0.3) is 5.56 Å². The molecule has 4 rings (SSSR count). The van der Waals surface area contributed by atoms with Crippen molar-refractivity contribution < 1.29 is 4.79 Å². The number of aromatic nitrogens is 5. The molecule has 0 bridgehead atoms. The number of nitrogens with one attached hydrogen (secondary N) is 1. The number of aryl methyl sites for hydroxylation is 1. The van der Waals surface area contributed by atoms with Crippen LogP contribution in [0.15, 0.2) is 45.4 Å². The zero-order valence-electron chi connectivity index (χ0n) is 15.4. The van der Waals surface area contributed by atoms with Gasteiger partial charge in [0.1, 0.15) is 6.54 Å². The van der Waals surface area contributed by atoms with Crippen molar-refractivity contribution >= 4 is 45.0 Å². The minimum Gasteiger partial charge on any atom is -0.300 e. The molecular formula is C18H15ClN6O3S. The molecule has 1 amide bonds. The number of amides is 1. The maximum absolute atomic E-state index is 12.5. The summed E-state index contributed by atoms with van der Waals surface area (Å²) in [4.78, 5) is 41.3. The van der Waals surface area contributed by atoms with E-state index < -0.39 is 11.2 Å². The van der Waals surface area contributed by atoms with Crippen LogP contribution in [0, 0.1) is 0 Å². The Labute approximate surface area is 172 Å². The number of rotatable bonds is 4. The van der Waals surface area contributed by atoms with E-state index in [0.29, 0.717) is 15.7 Å². The highest BCUT2D eigenvalue weighted by Gasteiger charge is 2.16. The number of hydrogen-bond acceptors (Lipinski definition) is 6. The lowest BCUT2D eigenvalue weighted by atomic mass is 10.2. The van der Waals surface area contributed by atoms with Crippen LogP contribution in [0.5, 0.6) is 0 Å². The van der Waals surface area contributed by atoms with Gasteiger partial charge in [0.05, 0.1) is 17.4 Å². The molecule has 9 nitrogen and oxygen atoms in total. The second kappa shape index (κ2) is 7.30. The molecule has 3 aromatic heterocycles. The Morgan fingerprint density at radius 3 is 2.62 bits per heavy atom. The first kappa shape index (κ1) is 19.1. The molecule has 4 aromatic rings. The van der Waals surface area contributed by atoms with Gasteiger partial charge in [-0.15, -0.1) is 11.3 Å². The molecule has 0 atom stereocenters. The second-order valence-corrected chi connectivity index (χ2v) is 7.63. The highest BCUT2D eigenvalue weighted by molar-refractivity contribution is 7.14. The van der Waals surface area contributed by atoms with Crippen molar-refractivity contribution in [3.8, 4) is 11.3 Å². The number of thiazole rings is 1. The normalized spacial score (nSPS) is 11.1. The number of carbonyl (C=O) groups excluding carboxylic acids is 1. The molecule has 148 valence electrons. The molecule has 1 aromatic carbocycles. The molecule has 1 N–H and O–H groups in total. The summed E-state index contributed by atoms with van der Waals surface area (Å²) in [6.07, 6.45) is 1.40. The van der Waals surface area contributed by atoms with Crippen LogP contribution in [0.1, 0.15) is 0 Å². The maximum Gasteiger partial charge on any atom is 0.331 e. The summed E-state index contributed by atoms with van der Waals surface area (Å²) >= 11 is 7.18. The molecule has 3 heterocycles. The Balaban J connectivity index is 1.56. The van der Waals surface area contributed by atoms with Gasteiger partial charge < -0.3 is 5.32 Å². The molecule has 0 saturated carbocycles. The number of carbonyl (C=O) groups is 1. The molecule has 11 heteroatoms. The van der Waals surface area contributed by atoms with E-state index in [4.69, 9.17) is 11.6 Å². The van der Waals surface area contributed by atoms with Crippen LogP contribution in [0.25, 0.3) is 22.3 Å². The second-order valence-electron chi connectivity index (χ2n) is 6.33. The van der Waals surface area contributed by atoms with Crippen LogP contribution in [-0.4, -0.2) is 29.8 Å². The third-order valence-electron chi connectivity index (χ3n) is 4.45. The standard InChI is InChI=1S/C18H15ClN6O3S/c1-23-13-7-20-25(15(13)16(27)24(2)18(23)28)8-14(26)22-17-21-12(9-29-17)10-3-5-11(19)6-4-10/h3-7,9H,8H2,1-2H3,(H,21,22,26). The van der Waals surface area contributed by atoms with Crippen LogP contribution in [0.2, 0.25) is 5.02 Å². The first-order valence-electron chi connectivity index (χ1n) is 8.48. The lowest BCUT2D eigenvalue weighted by Gasteiger charge is -2.06. The van der Waals surface area contributed by atoms with Crippen LogP contribution in [0.3, 0.4) is 0 Å². The fourth-order valence-electron chi connectivity index (χ4n) is 2.91. The van der Waals surface area contributed by atoms with E-state index in [0.717, 1.165) is 15.8 Å². The summed E-state index contributed by atoms with van der Waals surface area (Å²) in [6, 6.07) is 7.23. The highest BCUT2D eigenvalue weighted by Crippen LogP contribution is 2.26. The summed E-state index contributed by atoms with van der Waals surface area (Å²) in [5, 5.41) is 9.69. The summed E-state index contributed by atoms with van der Waals surface area (Å²) in [5.74, 6) is -0.386. The summed E-state index contributed by atoms with van der Waals surface area (Å²) in [5.41, 5.74) is 1.19. The Hall–Kier alpha value is -3.24. The fraction of sp³-hybridized carbons (Fsp3) is 0.167. The van der Waals surface area contributed by atoms with Crippen LogP contribution >= 0.6 is 22.9 Å². The predicted molar refractivity (Wildman–Crippen MR) is 111 cm³/mol. The van der Waals surface area contributed by atoms with Crippen LogP contribution in [-0.2, 0) is 25.4 Å². The van der Waals surface area contributed by atoms with E-state index in [1.165, 1.54) is 33.8 Å². The lowest BCUT2D eigenvalue weighted by Crippen LogP contribution is -2.37. The van der Waals surface area contributed by atoms with Crippen molar-refractivity contribution in [2.75, 3.05) is 5.32 Å². The van der Waals surface area contributed by atoms with Gasteiger partial charge >= 0.3 is 5.69 Å². The SMILES string of the molecule is Cn1c(=O)c2c(cnn2CC(=O)Nc2nc(-c3ccc(Cl)cc3)cs2)n(C)c1=O. The molecule has 29 heavy (non-hydrogen) atoms. The third-order valence-corrected chi connectivity index (χ3v) is 5.46. The Morgan fingerprint density at radius 2 is 1.90 bits per heavy atom. The van der Waals surface area contributed by atoms with Gasteiger partial charge in [0, 0.05) is 30.1 Å². The number of halogens is 1. The van der Waals surface area contributed by atoms with E-state index in [1.807, 2.05) is 17.5 Å². The third kappa shape index (κ3) is 3.47. The van der Waals surface area contributed by atoms with Crippen molar-refractivity contribution in [3.05, 3.63) is 61.7 Å². The van der Waals surface area contributed by atoms with Crippen LogP contribution in [0.4, 0.5) is 5.13 Å². The van der Waals surface area contributed by atoms with Crippen molar-refractivity contribution in [3.63, 3.8) is 0 Å². The van der Waals surface area contributed by atoms with Crippen molar-refractivity contribution in [2.24, 2.45) is 14.1 Å². The first-order chi connectivity index (χ1) is 13.8. The number of fused-ring (bicyclic) bond motifs is 1. The van der Waals surface area contributed by atoms with Gasteiger partial charge in [-0.25, -0.2) is 14.5 Å². The minimum absolute atomic E-state index is 0.186. The topological polar surface area (TPSA) is 104 Å². The first-order valence-corrected chi connectivity index (χ1v) is 9.74. The molecular weight excluding hydrogens is 416 g/mol. The van der Waals surface area contributed by atoms with Crippen LogP contribution < -0.4 is 16.6 Å². The average molecular weight is 431 g/mol. The number of hydrogen-bond donors (Lipinski definition) is 1. The zero-order valence-corrected chi connectivity index (χ0v) is 17.0. The Kier molecular flexibility index (Phi) is 4.81. The van der Waals surface area contributed by atoms with Crippen molar-refractivity contribution in [1.29, 1.82) is 0 Å². The quantitative estimate of drug-likeness (QED) is 0.532. The Morgan fingerprint density at radius 1 is 1.17 bits per heavy atom. The van der Waals surface area contributed by atoms with Gasteiger partial charge in [-0.1, -0.05) is 23.7 Å². The molecule has 0 aliphatic carbocycles. The smallest absolute Gasteiger partial charge is 0.300 e. The molecule has 0 spiro atoms. The van der Waals surface area contributed by atoms with E-state index in [9.17, 15) is 14.4 Å². The highest BCUT2D eigenvalue weighted by atomic mass is 35.5. The largest absolute Gasteiger partial charge is 0.331 e. The van der Waals surface area contributed by atoms with E-state index >= 15 is 0 Å². The van der Waals surface area contributed by atoms with Crippen molar-refractivity contribution in [1.82, 2.24) is 23.9 Å². The van der Waals surface area contributed by atoms with E-state index in [-0.39, 0.29) is 18.0 Å². The predicted octanol–water partition coefficient (Wildman–Crippen LogP) is 1.85. The van der Waals surface area contributed by atoms with Gasteiger partial charge in [-0.3, -0.25) is 18.7 Å². The summed E-state index contributed by atoms with van der Waals surface area (Å²) in [7, 11) is 2.93. The molecule has 0 unspecified atom stereocenters. The van der Waals surface area contributed by atoms with E-state index in [2.05, 4.69) is 15.4 Å². The van der Waals surface area contributed by atoms with Gasteiger partial charge in [-0.05, 0) is 12.1 Å². The van der Waals surface area contributed by atoms with Gasteiger partial charge in [-0.2, -0.15) is 5.10 Å². The minimum atomic E-state index is -0.507. The zero-order chi connectivity index (χ0) is 20.7. The van der Waals surface area contributed by atoms with Crippen molar-refractivity contribution in [2.45, 2.75) is 6.54 Å². The van der Waals surface area contributed by atoms with Gasteiger partial charge in [0.2, 0.25) is 5.91 Å². The molecule has 0 aliphatic rings. The molecule has 0 saturated heterocycles. The van der Waals surface area contributed by atoms with Gasteiger partial charge in [0.15, 0.2) is 10.6 Å². The fourth-order valence-corrected chi connectivity index (χ4v) is 3.78. The lowest BCUT2D eigenvalue weighted by molar-refractivity contribution is -0.116. The van der Waals surface area contributed by atoms with E-state index in [1.54, 1.807) is 19.2 Å². The summed E-state index contributed by atoms with van der Waals surface area (Å²) < 4.78 is 3.58.